The standard InChI is InChI=1S/C29H29BrCl2N4O6/c1-3-40-25-13-19(11-21(30)27(25)41-16-26(33)37)15-34-36-29(39)23(12-18-7-5-4-6-8-18)35-28(38)17(2)42-24-10-9-20(31)14-22(24)32/h4-11,13-15,17,23H,3,12,16H2,1-2H3,(H2,33,37)(H,35,38)(H,36,39)/b34-15-/t17-,23-/m0/s1. The Hall–Kier alpha value is -3.80. The molecule has 3 aromatic rings. The highest BCUT2D eigenvalue weighted by Gasteiger charge is 2.25. The third-order valence-electron chi connectivity index (χ3n) is 5.56. The van der Waals surface area contributed by atoms with Crippen LogP contribution in [0.1, 0.15) is 25.0 Å². The number of primary amides is 1. The van der Waals surface area contributed by atoms with Crippen molar-refractivity contribution in [3.05, 3.63) is 86.3 Å². The van der Waals surface area contributed by atoms with Crippen molar-refractivity contribution in [3.8, 4) is 17.2 Å². The fraction of sp³-hybridized carbons (Fsp3) is 0.241. The van der Waals surface area contributed by atoms with Gasteiger partial charge in [0, 0.05) is 11.4 Å². The molecule has 0 aliphatic heterocycles. The van der Waals surface area contributed by atoms with Gasteiger partial charge >= 0.3 is 0 Å². The molecule has 0 spiro atoms. The van der Waals surface area contributed by atoms with Crippen LogP contribution in [0.15, 0.2) is 70.2 Å². The largest absolute Gasteiger partial charge is 0.490 e. The van der Waals surface area contributed by atoms with Gasteiger partial charge in [-0.3, -0.25) is 14.4 Å². The Bertz CT molecular complexity index is 1440. The van der Waals surface area contributed by atoms with E-state index in [0.29, 0.717) is 33.2 Å². The SMILES string of the molecule is CCOc1cc(/C=N\NC(=O)[C@H](Cc2ccccc2)NC(=O)[C@H](C)Oc2ccc(Cl)cc2Cl)cc(Br)c1OCC(N)=O. The van der Waals surface area contributed by atoms with E-state index >= 15 is 0 Å². The molecule has 0 saturated heterocycles. The van der Waals surface area contributed by atoms with Crippen LogP contribution < -0.4 is 30.7 Å². The average Bonchev–Trinajstić information content (AvgIpc) is 2.94. The summed E-state index contributed by atoms with van der Waals surface area (Å²) in [6.45, 7) is 3.35. The zero-order chi connectivity index (χ0) is 30.6. The van der Waals surface area contributed by atoms with Gasteiger partial charge in [-0.25, -0.2) is 5.43 Å². The van der Waals surface area contributed by atoms with Crippen molar-refractivity contribution < 1.29 is 28.6 Å². The van der Waals surface area contributed by atoms with Gasteiger partial charge in [0.1, 0.15) is 11.8 Å². The first kappa shape index (κ1) is 32.7. The molecule has 0 bridgehead atoms. The Balaban J connectivity index is 1.73. The predicted octanol–water partition coefficient (Wildman–Crippen LogP) is 4.66. The summed E-state index contributed by atoms with van der Waals surface area (Å²) in [6.07, 6.45) is 0.635. The molecule has 4 N–H and O–H groups in total. The number of nitrogens with two attached hydrogens (primary N) is 1. The van der Waals surface area contributed by atoms with Gasteiger partial charge in [0.25, 0.3) is 17.7 Å². The molecule has 222 valence electrons. The molecule has 2 atom stereocenters. The molecule has 0 saturated carbocycles. The molecule has 0 unspecified atom stereocenters. The van der Waals surface area contributed by atoms with Crippen molar-refractivity contribution in [1.82, 2.24) is 10.7 Å². The second-order valence-electron chi connectivity index (χ2n) is 8.84. The number of hydrazone groups is 1. The molecule has 0 aliphatic carbocycles. The van der Waals surface area contributed by atoms with E-state index < -0.39 is 29.9 Å². The summed E-state index contributed by atoms with van der Waals surface area (Å²) >= 11 is 15.5. The molecule has 3 aromatic carbocycles. The Morgan fingerprint density at radius 3 is 2.43 bits per heavy atom. The van der Waals surface area contributed by atoms with Gasteiger partial charge < -0.3 is 25.3 Å². The number of halogens is 3. The number of nitrogens with zero attached hydrogens (tertiary/aromatic N) is 1. The van der Waals surface area contributed by atoms with E-state index in [1.165, 1.54) is 12.3 Å². The van der Waals surface area contributed by atoms with Crippen LogP contribution >= 0.6 is 39.1 Å². The first-order chi connectivity index (χ1) is 20.1. The van der Waals surface area contributed by atoms with E-state index in [2.05, 4.69) is 31.8 Å². The Kier molecular flexibility index (Phi) is 12.5. The lowest BCUT2D eigenvalue weighted by Gasteiger charge is -2.21. The Morgan fingerprint density at radius 1 is 1.02 bits per heavy atom. The summed E-state index contributed by atoms with van der Waals surface area (Å²) < 4.78 is 17.3. The fourth-order valence-corrected chi connectivity index (χ4v) is 4.65. The molecule has 3 amide bonds. The summed E-state index contributed by atoms with van der Waals surface area (Å²) in [5.41, 5.74) is 9.04. The maximum absolute atomic E-state index is 13.2. The summed E-state index contributed by atoms with van der Waals surface area (Å²) in [4.78, 5) is 37.3. The highest BCUT2D eigenvalue weighted by molar-refractivity contribution is 9.10. The molecular formula is C29H29BrCl2N4O6. The highest BCUT2D eigenvalue weighted by Crippen LogP contribution is 2.36. The zero-order valence-corrected chi connectivity index (χ0v) is 25.8. The molecule has 0 radical (unpaired) electrons. The van der Waals surface area contributed by atoms with Crippen LogP contribution in [-0.2, 0) is 20.8 Å². The molecule has 0 aromatic heterocycles. The van der Waals surface area contributed by atoms with Crippen LogP contribution in [0.25, 0.3) is 0 Å². The van der Waals surface area contributed by atoms with Gasteiger partial charge in [-0.1, -0.05) is 53.5 Å². The number of rotatable bonds is 14. The number of benzene rings is 3. The summed E-state index contributed by atoms with van der Waals surface area (Å²) in [5, 5.41) is 7.47. The van der Waals surface area contributed by atoms with Crippen molar-refractivity contribution in [3.63, 3.8) is 0 Å². The average molecular weight is 680 g/mol. The van der Waals surface area contributed by atoms with Crippen molar-refractivity contribution in [2.24, 2.45) is 10.8 Å². The molecule has 3 rings (SSSR count). The van der Waals surface area contributed by atoms with Crippen molar-refractivity contribution in [1.29, 1.82) is 0 Å². The van der Waals surface area contributed by atoms with Gasteiger partial charge in [-0.05, 0) is 71.2 Å². The molecule has 13 heteroatoms. The van der Waals surface area contributed by atoms with Crippen LogP contribution in [0.3, 0.4) is 0 Å². The summed E-state index contributed by atoms with van der Waals surface area (Å²) in [5.74, 6) is -0.780. The topological polar surface area (TPSA) is 141 Å². The minimum absolute atomic E-state index is 0.203. The minimum atomic E-state index is -0.973. The lowest BCUT2D eigenvalue weighted by Crippen LogP contribution is -2.50. The van der Waals surface area contributed by atoms with E-state index in [0.717, 1.165) is 5.56 Å². The maximum atomic E-state index is 13.2. The maximum Gasteiger partial charge on any atom is 0.262 e. The van der Waals surface area contributed by atoms with Crippen molar-refractivity contribution in [2.45, 2.75) is 32.4 Å². The van der Waals surface area contributed by atoms with Crippen LogP contribution in [-0.4, -0.2) is 49.3 Å². The third kappa shape index (κ3) is 9.93. The Morgan fingerprint density at radius 2 is 1.76 bits per heavy atom. The number of carbonyl (C=O) groups excluding carboxylic acids is 3. The number of amides is 3. The molecular weight excluding hydrogens is 651 g/mol. The predicted molar refractivity (Wildman–Crippen MR) is 164 cm³/mol. The van der Waals surface area contributed by atoms with Gasteiger partial charge in [-0.15, -0.1) is 0 Å². The minimum Gasteiger partial charge on any atom is -0.490 e. The fourth-order valence-electron chi connectivity index (χ4n) is 3.62. The lowest BCUT2D eigenvalue weighted by molar-refractivity contribution is -0.132. The lowest BCUT2D eigenvalue weighted by atomic mass is 10.1. The normalized spacial score (nSPS) is 12.3. The van der Waals surface area contributed by atoms with Crippen molar-refractivity contribution in [2.75, 3.05) is 13.2 Å². The van der Waals surface area contributed by atoms with Gasteiger partial charge in [-0.2, -0.15) is 5.10 Å². The first-order valence-electron chi connectivity index (χ1n) is 12.7. The number of hydrogen-bond donors (Lipinski definition) is 3. The van der Waals surface area contributed by atoms with Crippen molar-refractivity contribution >= 4 is 63.1 Å². The number of ether oxygens (including phenoxy) is 3. The Labute approximate surface area is 261 Å². The van der Waals surface area contributed by atoms with E-state index in [-0.39, 0.29) is 23.8 Å². The molecule has 0 heterocycles. The van der Waals surface area contributed by atoms with Crippen LogP contribution in [0, 0.1) is 0 Å². The summed E-state index contributed by atoms with van der Waals surface area (Å²) in [7, 11) is 0. The summed E-state index contributed by atoms with van der Waals surface area (Å²) in [6, 6.07) is 16.2. The monoisotopic (exact) mass is 678 g/mol. The zero-order valence-electron chi connectivity index (χ0n) is 22.7. The van der Waals surface area contributed by atoms with E-state index in [1.807, 2.05) is 30.3 Å². The third-order valence-corrected chi connectivity index (χ3v) is 6.68. The molecule has 0 fully saturated rings. The quantitative estimate of drug-likeness (QED) is 0.167. The number of hydrogen-bond acceptors (Lipinski definition) is 7. The van der Waals surface area contributed by atoms with E-state index in [9.17, 15) is 14.4 Å². The van der Waals surface area contributed by atoms with Crippen LogP contribution in [0.5, 0.6) is 17.2 Å². The van der Waals surface area contributed by atoms with Gasteiger partial charge in [0.2, 0.25) is 0 Å². The number of carbonyl (C=O) groups is 3. The second-order valence-corrected chi connectivity index (χ2v) is 10.5. The number of nitrogens with one attached hydrogen (secondary N) is 2. The highest BCUT2D eigenvalue weighted by atomic mass is 79.9. The van der Waals surface area contributed by atoms with Gasteiger partial charge in [0.15, 0.2) is 24.2 Å². The van der Waals surface area contributed by atoms with E-state index in [1.54, 1.807) is 38.1 Å². The van der Waals surface area contributed by atoms with E-state index in [4.69, 9.17) is 43.1 Å². The van der Waals surface area contributed by atoms with Crippen LogP contribution in [0.4, 0.5) is 0 Å². The molecule has 42 heavy (non-hydrogen) atoms. The first-order valence-corrected chi connectivity index (χ1v) is 14.3. The molecule has 10 nitrogen and oxygen atoms in total. The van der Waals surface area contributed by atoms with Crippen LogP contribution in [0.2, 0.25) is 10.0 Å². The second kappa shape index (κ2) is 16.0. The van der Waals surface area contributed by atoms with Gasteiger partial charge in [0.05, 0.1) is 22.3 Å². The molecule has 0 aliphatic rings. The smallest absolute Gasteiger partial charge is 0.262 e.